The zero-order valence-electron chi connectivity index (χ0n) is 13.7. The van der Waals surface area contributed by atoms with Crippen LogP contribution in [0.15, 0.2) is 71.4 Å². The molecule has 1 aromatic heterocycles. The monoisotopic (exact) mass is 369 g/mol. The molecule has 4 nitrogen and oxygen atoms in total. The zero-order chi connectivity index (χ0) is 18.4. The normalized spacial score (nSPS) is 11.6. The van der Waals surface area contributed by atoms with Gasteiger partial charge < -0.3 is 10.1 Å². The molecule has 3 rings (SSSR count). The highest BCUT2D eigenvalue weighted by Crippen LogP contribution is 2.21. The number of ether oxygens (including phenoxy) is 1. The number of thiophene rings is 1. The summed E-state index contributed by atoms with van der Waals surface area (Å²) >= 11 is 1.49. The van der Waals surface area contributed by atoms with E-state index in [0.29, 0.717) is 11.3 Å². The Kier molecular flexibility index (Phi) is 5.76. The molecule has 26 heavy (non-hydrogen) atoms. The number of carbonyl (C=O) groups is 2. The van der Waals surface area contributed by atoms with E-state index in [2.05, 4.69) is 5.32 Å². The molecule has 3 aromatic rings. The Morgan fingerprint density at radius 3 is 2.42 bits per heavy atom. The smallest absolute Gasteiger partial charge is 0.311 e. The average molecular weight is 369 g/mol. The van der Waals surface area contributed by atoms with Crippen LogP contribution in [0.1, 0.15) is 17.2 Å². The van der Waals surface area contributed by atoms with Gasteiger partial charge in [0.15, 0.2) is 0 Å². The Labute approximate surface area is 154 Å². The number of esters is 1. The lowest BCUT2D eigenvalue weighted by Gasteiger charge is -2.18. The largest absolute Gasteiger partial charge is 0.447 e. The second kappa shape index (κ2) is 8.40. The number of halogens is 1. The predicted molar refractivity (Wildman–Crippen MR) is 98.3 cm³/mol. The molecular weight excluding hydrogens is 353 g/mol. The molecule has 1 heterocycles. The lowest BCUT2D eigenvalue weighted by atomic mass is 10.1. The molecule has 6 heteroatoms. The van der Waals surface area contributed by atoms with Crippen LogP contribution in [0.3, 0.4) is 0 Å². The summed E-state index contributed by atoms with van der Waals surface area (Å²) in [5.41, 5.74) is 1.82. The third-order valence-corrected chi connectivity index (χ3v) is 4.36. The average Bonchev–Trinajstić information content (AvgIpc) is 3.15. The van der Waals surface area contributed by atoms with Crippen LogP contribution >= 0.6 is 11.3 Å². The van der Waals surface area contributed by atoms with Crippen molar-refractivity contribution in [2.75, 3.05) is 5.32 Å². The molecule has 1 N–H and O–H groups in total. The van der Waals surface area contributed by atoms with E-state index in [1.54, 1.807) is 24.3 Å². The van der Waals surface area contributed by atoms with Crippen molar-refractivity contribution in [3.63, 3.8) is 0 Å². The van der Waals surface area contributed by atoms with Gasteiger partial charge in [0.1, 0.15) is 5.82 Å². The molecule has 0 aliphatic rings. The highest BCUT2D eigenvalue weighted by Gasteiger charge is 2.25. The van der Waals surface area contributed by atoms with Gasteiger partial charge in [0.25, 0.3) is 5.91 Å². The number of amides is 1. The van der Waals surface area contributed by atoms with Crippen LogP contribution < -0.4 is 5.32 Å². The van der Waals surface area contributed by atoms with Crippen molar-refractivity contribution < 1.29 is 18.7 Å². The Morgan fingerprint density at radius 1 is 1.04 bits per heavy atom. The number of hydrogen-bond acceptors (Lipinski definition) is 4. The van der Waals surface area contributed by atoms with Crippen molar-refractivity contribution in [3.05, 3.63) is 88.4 Å². The quantitative estimate of drug-likeness (QED) is 0.657. The Hall–Kier alpha value is -2.99. The summed E-state index contributed by atoms with van der Waals surface area (Å²) in [6.45, 7) is 0. The van der Waals surface area contributed by atoms with Crippen LogP contribution in [0.5, 0.6) is 0 Å². The first-order valence-electron chi connectivity index (χ1n) is 7.94. The third kappa shape index (κ3) is 4.77. The Balaban J connectivity index is 1.75. The van der Waals surface area contributed by atoms with E-state index in [0.717, 1.165) is 5.56 Å². The first-order valence-corrected chi connectivity index (χ1v) is 8.88. The van der Waals surface area contributed by atoms with Crippen molar-refractivity contribution in [1.82, 2.24) is 0 Å². The molecule has 0 aliphatic carbocycles. The van der Waals surface area contributed by atoms with Crippen LogP contribution in [0.25, 0.3) is 0 Å². The van der Waals surface area contributed by atoms with Crippen molar-refractivity contribution in [3.8, 4) is 0 Å². The predicted octanol–water partition coefficient (Wildman–Crippen LogP) is 4.35. The SMILES string of the molecule is O=C(Cc1ccsc1)O[C@H](C(=O)Nc1ccc(F)cc1)c1ccccc1. The molecule has 0 radical (unpaired) electrons. The number of anilines is 1. The standard InChI is InChI=1S/C20H16FNO3S/c21-16-6-8-17(9-7-16)22-20(24)19(15-4-2-1-3-5-15)25-18(23)12-14-10-11-26-13-14/h1-11,13,19H,12H2,(H,22,24)/t19-/m0/s1. The molecule has 1 amide bonds. The van der Waals surface area contributed by atoms with Crippen molar-refractivity contribution >= 4 is 28.9 Å². The summed E-state index contributed by atoms with van der Waals surface area (Å²) < 4.78 is 18.5. The van der Waals surface area contributed by atoms with E-state index in [1.807, 2.05) is 22.9 Å². The van der Waals surface area contributed by atoms with Gasteiger partial charge in [-0.3, -0.25) is 9.59 Å². The molecule has 0 spiro atoms. The van der Waals surface area contributed by atoms with Crippen LogP contribution in [0.2, 0.25) is 0 Å². The van der Waals surface area contributed by atoms with Crippen LogP contribution in [-0.2, 0) is 20.7 Å². The molecular formula is C20H16FNO3S. The van der Waals surface area contributed by atoms with Crippen LogP contribution in [-0.4, -0.2) is 11.9 Å². The van der Waals surface area contributed by atoms with E-state index in [-0.39, 0.29) is 6.42 Å². The number of hydrogen-bond donors (Lipinski definition) is 1. The first kappa shape index (κ1) is 17.8. The second-order valence-corrected chi connectivity index (χ2v) is 6.37. The maximum atomic E-state index is 13.0. The summed E-state index contributed by atoms with van der Waals surface area (Å²) in [6.07, 6.45) is -0.996. The van der Waals surface area contributed by atoms with Gasteiger partial charge in [0.05, 0.1) is 6.42 Å². The van der Waals surface area contributed by atoms with Gasteiger partial charge in [0.2, 0.25) is 6.10 Å². The maximum Gasteiger partial charge on any atom is 0.311 e. The molecule has 0 saturated heterocycles. The minimum atomic E-state index is -1.09. The van der Waals surface area contributed by atoms with Gasteiger partial charge in [-0.05, 0) is 46.7 Å². The summed E-state index contributed by atoms with van der Waals surface area (Å²) in [5, 5.41) is 6.38. The molecule has 0 fully saturated rings. The fraction of sp³-hybridized carbons (Fsp3) is 0.100. The van der Waals surface area contributed by atoms with Gasteiger partial charge in [-0.1, -0.05) is 30.3 Å². The highest BCUT2D eigenvalue weighted by atomic mass is 32.1. The number of carbonyl (C=O) groups excluding carboxylic acids is 2. The molecule has 1 atom stereocenters. The minimum absolute atomic E-state index is 0.0939. The molecule has 2 aromatic carbocycles. The minimum Gasteiger partial charge on any atom is -0.447 e. The Bertz CT molecular complexity index is 864. The molecule has 132 valence electrons. The fourth-order valence-corrected chi connectivity index (χ4v) is 3.04. The lowest BCUT2D eigenvalue weighted by Crippen LogP contribution is -2.26. The zero-order valence-corrected chi connectivity index (χ0v) is 14.5. The van der Waals surface area contributed by atoms with Crippen LogP contribution in [0, 0.1) is 5.82 Å². The van der Waals surface area contributed by atoms with E-state index in [1.165, 1.54) is 35.6 Å². The van der Waals surface area contributed by atoms with E-state index < -0.39 is 23.8 Å². The van der Waals surface area contributed by atoms with Crippen molar-refractivity contribution in [1.29, 1.82) is 0 Å². The van der Waals surface area contributed by atoms with E-state index in [9.17, 15) is 14.0 Å². The lowest BCUT2D eigenvalue weighted by molar-refractivity contribution is -0.154. The van der Waals surface area contributed by atoms with Gasteiger partial charge >= 0.3 is 5.97 Å². The molecule has 0 saturated carbocycles. The number of rotatable bonds is 6. The number of benzene rings is 2. The molecule has 0 aliphatic heterocycles. The van der Waals surface area contributed by atoms with Crippen molar-refractivity contribution in [2.24, 2.45) is 0 Å². The summed E-state index contributed by atoms with van der Waals surface area (Å²) in [7, 11) is 0. The maximum absolute atomic E-state index is 13.0. The topological polar surface area (TPSA) is 55.4 Å². The van der Waals surface area contributed by atoms with Crippen molar-refractivity contribution in [2.45, 2.75) is 12.5 Å². The van der Waals surface area contributed by atoms with Gasteiger partial charge in [-0.15, -0.1) is 0 Å². The summed E-state index contributed by atoms with van der Waals surface area (Å²) in [4.78, 5) is 24.9. The Morgan fingerprint density at radius 2 is 1.77 bits per heavy atom. The van der Waals surface area contributed by atoms with E-state index in [4.69, 9.17) is 4.74 Å². The fourth-order valence-electron chi connectivity index (χ4n) is 2.37. The second-order valence-electron chi connectivity index (χ2n) is 5.59. The number of nitrogens with one attached hydrogen (secondary N) is 1. The highest BCUT2D eigenvalue weighted by molar-refractivity contribution is 7.08. The van der Waals surface area contributed by atoms with Gasteiger partial charge in [0, 0.05) is 11.3 Å². The summed E-state index contributed by atoms with van der Waals surface area (Å²) in [6, 6.07) is 16.0. The summed E-state index contributed by atoms with van der Waals surface area (Å²) in [5.74, 6) is -1.39. The first-order chi connectivity index (χ1) is 12.6. The van der Waals surface area contributed by atoms with E-state index >= 15 is 0 Å². The van der Waals surface area contributed by atoms with Gasteiger partial charge in [-0.25, -0.2) is 4.39 Å². The van der Waals surface area contributed by atoms with Gasteiger partial charge in [-0.2, -0.15) is 11.3 Å². The third-order valence-electron chi connectivity index (χ3n) is 3.63. The van der Waals surface area contributed by atoms with Crippen LogP contribution in [0.4, 0.5) is 10.1 Å². The molecule has 0 unspecified atom stereocenters. The molecule has 0 bridgehead atoms.